The van der Waals surface area contributed by atoms with Gasteiger partial charge in [0.2, 0.25) is 0 Å². The fourth-order valence-electron chi connectivity index (χ4n) is 2.20. The van der Waals surface area contributed by atoms with E-state index in [-0.39, 0.29) is 6.54 Å². The molecule has 0 heterocycles. The minimum absolute atomic E-state index is 0.135. The summed E-state index contributed by atoms with van der Waals surface area (Å²) in [6.45, 7) is 1.09. The average molecular weight is 352 g/mol. The molecule has 0 bridgehead atoms. The molecule has 0 unspecified atom stereocenters. The first-order valence-corrected chi connectivity index (χ1v) is 7.22. The molecular weight excluding hydrogens is 337 g/mol. The maximum Gasteiger partial charge on any atom is 0.420 e. The molecule has 2 rings (SSSR count). The summed E-state index contributed by atoms with van der Waals surface area (Å²) in [6.07, 6.45) is -4.78. The van der Waals surface area contributed by atoms with E-state index < -0.39 is 34.9 Å². The number of halogens is 3. The van der Waals surface area contributed by atoms with Crippen molar-refractivity contribution in [3.63, 3.8) is 0 Å². The molecule has 8 heteroatoms. The van der Waals surface area contributed by atoms with Crippen LogP contribution in [0.15, 0.2) is 42.5 Å². The van der Waals surface area contributed by atoms with Crippen molar-refractivity contribution in [3.8, 4) is 5.75 Å². The normalized spacial score (nSPS) is 11.1. The van der Waals surface area contributed by atoms with Gasteiger partial charge >= 0.3 is 12.1 Å². The van der Waals surface area contributed by atoms with Crippen molar-refractivity contribution >= 4 is 17.6 Å². The monoisotopic (exact) mass is 352 g/mol. The number of benzene rings is 2. The van der Waals surface area contributed by atoms with Crippen LogP contribution in [0.4, 0.5) is 18.9 Å². The van der Waals surface area contributed by atoms with Crippen LogP contribution in [-0.4, -0.2) is 11.9 Å². The molecule has 5 nitrogen and oxygen atoms in total. The van der Waals surface area contributed by atoms with E-state index in [2.05, 4.69) is 10.1 Å². The SMILES string of the molecule is CC(=O)Oc1c(C(=O)Nc2ccccc2CN)cccc1C(F)(F)F. The molecule has 0 aliphatic carbocycles. The van der Waals surface area contributed by atoms with Crippen molar-refractivity contribution in [2.24, 2.45) is 5.73 Å². The van der Waals surface area contributed by atoms with Gasteiger partial charge in [-0.2, -0.15) is 13.2 Å². The Morgan fingerprint density at radius 3 is 2.40 bits per heavy atom. The number of carbonyl (C=O) groups is 2. The zero-order valence-electron chi connectivity index (χ0n) is 13.2. The minimum atomic E-state index is -4.78. The van der Waals surface area contributed by atoms with Crippen LogP contribution in [0.2, 0.25) is 0 Å². The van der Waals surface area contributed by atoms with E-state index in [9.17, 15) is 22.8 Å². The molecule has 0 fully saturated rings. The summed E-state index contributed by atoms with van der Waals surface area (Å²) in [5.41, 5.74) is 4.93. The number of hydrogen-bond donors (Lipinski definition) is 2. The number of rotatable bonds is 4. The van der Waals surface area contributed by atoms with Gasteiger partial charge in [-0.15, -0.1) is 0 Å². The molecule has 0 aliphatic rings. The molecule has 2 aromatic carbocycles. The van der Waals surface area contributed by atoms with Crippen molar-refractivity contribution in [2.75, 3.05) is 5.32 Å². The third-order valence-electron chi connectivity index (χ3n) is 3.30. The Hall–Kier alpha value is -2.87. The van der Waals surface area contributed by atoms with Gasteiger partial charge in [0.15, 0.2) is 5.75 Å². The maximum absolute atomic E-state index is 13.1. The van der Waals surface area contributed by atoms with Crippen molar-refractivity contribution in [3.05, 3.63) is 59.2 Å². The molecule has 0 saturated carbocycles. The Bertz CT molecular complexity index is 804. The van der Waals surface area contributed by atoms with Crippen molar-refractivity contribution in [2.45, 2.75) is 19.6 Å². The van der Waals surface area contributed by atoms with E-state index in [0.717, 1.165) is 25.1 Å². The van der Waals surface area contributed by atoms with E-state index in [1.165, 1.54) is 0 Å². The van der Waals surface area contributed by atoms with Crippen LogP contribution in [0.25, 0.3) is 0 Å². The highest BCUT2D eigenvalue weighted by Crippen LogP contribution is 2.38. The predicted octanol–water partition coefficient (Wildman–Crippen LogP) is 3.34. The van der Waals surface area contributed by atoms with E-state index in [0.29, 0.717) is 11.3 Å². The zero-order chi connectivity index (χ0) is 18.6. The molecule has 0 spiro atoms. The highest BCUT2D eigenvalue weighted by atomic mass is 19.4. The van der Waals surface area contributed by atoms with Crippen molar-refractivity contribution in [1.82, 2.24) is 0 Å². The smallest absolute Gasteiger partial charge is 0.420 e. The molecule has 25 heavy (non-hydrogen) atoms. The number of ether oxygens (including phenoxy) is 1. The number of esters is 1. The lowest BCUT2D eigenvalue weighted by Gasteiger charge is -2.16. The van der Waals surface area contributed by atoms with Crippen molar-refractivity contribution in [1.29, 1.82) is 0 Å². The average Bonchev–Trinajstić information content (AvgIpc) is 2.53. The fourth-order valence-corrected chi connectivity index (χ4v) is 2.20. The Morgan fingerprint density at radius 2 is 1.80 bits per heavy atom. The second-order valence-electron chi connectivity index (χ2n) is 5.09. The van der Waals surface area contributed by atoms with Crippen LogP contribution in [-0.2, 0) is 17.5 Å². The lowest BCUT2D eigenvalue weighted by molar-refractivity contribution is -0.141. The Balaban J connectivity index is 2.47. The molecule has 0 aromatic heterocycles. The minimum Gasteiger partial charge on any atom is -0.425 e. The van der Waals surface area contributed by atoms with Crippen LogP contribution in [0.1, 0.15) is 28.4 Å². The first kappa shape index (κ1) is 18.5. The van der Waals surface area contributed by atoms with Crippen molar-refractivity contribution < 1.29 is 27.5 Å². The molecule has 0 atom stereocenters. The van der Waals surface area contributed by atoms with Gasteiger partial charge in [-0.1, -0.05) is 24.3 Å². The fraction of sp³-hybridized carbons (Fsp3) is 0.176. The van der Waals surface area contributed by atoms with Gasteiger partial charge in [-0.05, 0) is 23.8 Å². The zero-order valence-corrected chi connectivity index (χ0v) is 13.2. The summed E-state index contributed by atoms with van der Waals surface area (Å²) < 4.78 is 44.1. The van der Waals surface area contributed by atoms with Gasteiger partial charge in [-0.25, -0.2) is 0 Å². The number of anilines is 1. The largest absolute Gasteiger partial charge is 0.425 e. The maximum atomic E-state index is 13.1. The second-order valence-corrected chi connectivity index (χ2v) is 5.09. The molecule has 3 N–H and O–H groups in total. The van der Waals surface area contributed by atoms with Gasteiger partial charge in [0.25, 0.3) is 5.91 Å². The van der Waals surface area contributed by atoms with Crippen LogP contribution in [0, 0.1) is 0 Å². The van der Waals surface area contributed by atoms with Crippen LogP contribution < -0.4 is 15.8 Å². The highest BCUT2D eigenvalue weighted by molar-refractivity contribution is 6.07. The quantitative estimate of drug-likeness (QED) is 0.653. The Kier molecular flexibility index (Phi) is 5.43. The lowest BCUT2D eigenvalue weighted by atomic mass is 10.1. The Morgan fingerprint density at radius 1 is 1.12 bits per heavy atom. The van der Waals surface area contributed by atoms with Gasteiger partial charge in [0.1, 0.15) is 0 Å². The number of nitrogens with two attached hydrogens (primary N) is 1. The number of para-hydroxylation sites is 2. The van der Waals surface area contributed by atoms with Gasteiger partial charge in [0.05, 0.1) is 11.1 Å². The van der Waals surface area contributed by atoms with Gasteiger partial charge < -0.3 is 15.8 Å². The third kappa shape index (κ3) is 4.36. The summed E-state index contributed by atoms with van der Waals surface area (Å²) in [5, 5.41) is 2.49. The lowest BCUT2D eigenvalue weighted by Crippen LogP contribution is -2.19. The molecule has 0 saturated heterocycles. The van der Waals surface area contributed by atoms with Gasteiger partial charge in [0, 0.05) is 19.2 Å². The van der Waals surface area contributed by atoms with Crippen LogP contribution in [0.5, 0.6) is 5.75 Å². The van der Waals surface area contributed by atoms with Crippen LogP contribution in [0.3, 0.4) is 0 Å². The highest BCUT2D eigenvalue weighted by Gasteiger charge is 2.37. The number of nitrogens with one attached hydrogen (secondary N) is 1. The number of alkyl halides is 3. The number of amides is 1. The van der Waals surface area contributed by atoms with E-state index >= 15 is 0 Å². The first-order valence-electron chi connectivity index (χ1n) is 7.22. The summed E-state index contributed by atoms with van der Waals surface area (Å²) in [5.74, 6) is -2.64. The molecule has 132 valence electrons. The summed E-state index contributed by atoms with van der Waals surface area (Å²) in [4.78, 5) is 23.6. The number of hydrogen-bond acceptors (Lipinski definition) is 4. The summed E-state index contributed by atoms with van der Waals surface area (Å²) in [6, 6.07) is 9.56. The molecule has 2 aromatic rings. The third-order valence-corrected chi connectivity index (χ3v) is 3.30. The van der Waals surface area contributed by atoms with E-state index in [1.807, 2.05) is 0 Å². The van der Waals surface area contributed by atoms with E-state index in [4.69, 9.17) is 5.73 Å². The van der Waals surface area contributed by atoms with Crippen LogP contribution >= 0.6 is 0 Å². The molecular formula is C17H15F3N2O3. The first-order chi connectivity index (χ1) is 11.7. The Labute approximate surface area is 141 Å². The predicted molar refractivity (Wildman–Crippen MR) is 85.0 cm³/mol. The molecule has 1 amide bonds. The summed E-state index contributed by atoms with van der Waals surface area (Å²) >= 11 is 0. The standard InChI is InChI=1S/C17H15F3N2O3/c1-10(23)25-15-12(6-4-7-13(15)17(18,19)20)16(24)22-14-8-3-2-5-11(14)9-21/h2-8H,9,21H2,1H3,(H,22,24). The topological polar surface area (TPSA) is 81.4 Å². The molecule has 0 aliphatic heterocycles. The molecule has 0 radical (unpaired) electrons. The van der Waals surface area contributed by atoms with Gasteiger partial charge in [-0.3, -0.25) is 9.59 Å². The second kappa shape index (κ2) is 7.35. The number of carbonyl (C=O) groups excluding carboxylic acids is 2. The van der Waals surface area contributed by atoms with E-state index in [1.54, 1.807) is 24.3 Å². The summed E-state index contributed by atoms with van der Waals surface area (Å²) in [7, 11) is 0.